The number of carbonyl (C=O) groups excluding carboxylic acids is 2. The summed E-state index contributed by atoms with van der Waals surface area (Å²) in [5, 5.41) is 3.70. The standard InChI is InChI=1S/C19H27N3O6S/c1-5-9-21(10-6-2)17(23)13-27-19(24)16-7-11-22(12-8-16)29(25,26)18-14(3)20-28-15(18)4/h5-6,16H,1-2,7-13H2,3-4H3. The van der Waals surface area contributed by atoms with E-state index in [1.165, 1.54) is 9.21 Å². The lowest BCUT2D eigenvalue weighted by Crippen LogP contribution is -2.41. The minimum absolute atomic E-state index is 0.0775. The van der Waals surface area contributed by atoms with Gasteiger partial charge in [0, 0.05) is 26.2 Å². The molecule has 1 aromatic rings. The summed E-state index contributed by atoms with van der Waals surface area (Å²) in [5.41, 5.74) is 0.311. The maximum atomic E-state index is 12.8. The van der Waals surface area contributed by atoms with Gasteiger partial charge >= 0.3 is 5.97 Å². The van der Waals surface area contributed by atoms with Crippen LogP contribution in [0, 0.1) is 19.8 Å². The number of sulfonamides is 1. The molecule has 0 spiro atoms. The van der Waals surface area contributed by atoms with Crippen molar-refractivity contribution in [3.63, 3.8) is 0 Å². The van der Waals surface area contributed by atoms with E-state index in [1.807, 2.05) is 0 Å². The van der Waals surface area contributed by atoms with Crippen molar-refractivity contribution >= 4 is 21.9 Å². The normalized spacial score (nSPS) is 15.7. The van der Waals surface area contributed by atoms with Gasteiger partial charge in [-0.2, -0.15) is 4.31 Å². The van der Waals surface area contributed by atoms with E-state index in [1.54, 1.807) is 26.0 Å². The van der Waals surface area contributed by atoms with E-state index in [4.69, 9.17) is 9.26 Å². The van der Waals surface area contributed by atoms with Crippen LogP contribution < -0.4 is 0 Å². The van der Waals surface area contributed by atoms with Crippen molar-refractivity contribution in [1.82, 2.24) is 14.4 Å². The molecule has 0 atom stereocenters. The molecule has 0 N–H and O–H groups in total. The van der Waals surface area contributed by atoms with E-state index < -0.39 is 21.9 Å². The van der Waals surface area contributed by atoms with Crippen molar-refractivity contribution in [1.29, 1.82) is 0 Å². The van der Waals surface area contributed by atoms with Crippen LogP contribution in [0.3, 0.4) is 0 Å². The molecule has 10 heteroatoms. The largest absolute Gasteiger partial charge is 0.455 e. The summed E-state index contributed by atoms with van der Waals surface area (Å²) in [6.07, 6.45) is 3.80. The summed E-state index contributed by atoms with van der Waals surface area (Å²) < 4.78 is 37.1. The monoisotopic (exact) mass is 425 g/mol. The molecule has 1 fully saturated rings. The second-order valence-electron chi connectivity index (χ2n) is 6.82. The molecule has 1 amide bonds. The van der Waals surface area contributed by atoms with E-state index >= 15 is 0 Å². The van der Waals surface area contributed by atoms with Gasteiger partial charge in [-0.25, -0.2) is 8.42 Å². The Bertz CT molecular complexity index is 839. The third-order valence-corrected chi connectivity index (χ3v) is 6.89. The first-order valence-electron chi connectivity index (χ1n) is 9.31. The van der Waals surface area contributed by atoms with E-state index in [9.17, 15) is 18.0 Å². The first-order chi connectivity index (χ1) is 13.7. The Morgan fingerprint density at radius 3 is 2.31 bits per heavy atom. The lowest BCUT2D eigenvalue weighted by Gasteiger charge is -2.30. The van der Waals surface area contributed by atoms with Crippen LogP contribution in [0.5, 0.6) is 0 Å². The number of amides is 1. The second-order valence-corrected chi connectivity index (χ2v) is 8.69. The third kappa shape index (κ3) is 5.33. The Morgan fingerprint density at radius 2 is 1.83 bits per heavy atom. The highest BCUT2D eigenvalue weighted by Gasteiger charge is 2.36. The van der Waals surface area contributed by atoms with Crippen molar-refractivity contribution in [3.05, 3.63) is 36.8 Å². The van der Waals surface area contributed by atoms with Crippen LogP contribution in [0.4, 0.5) is 0 Å². The average Bonchev–Trinajstić information content (AvgIpc) is 3.04. The van der Waals surface area contributed by atoms with Gasteiger partial charge in [0.1, 0.15) is 10.6 Å². The van der Waals surface area contributed by atoms with Crippen LogP contribution in [-0.4, -0.2) is 67.4 Å². The SMILES string of the molecule is C=CCN(CC=C)C(=O)COC(=O)C1CCN(S(=O)(=O)c2c(C)noc2C)CC1. The van der Waals surface area contributed by atoms with E-state index in [-0.39, 0.29) is 36.3 Å². The van der Waals surface area contributed by atoms with Gasteiger partial charge in [0.2, 0.25) is 10.0 Å². The van der Waals surface area contributed by atoms with Crippen molar-refractivity contribution < 1.29 is 27.3 Å². The van der Waals surface area contributed by atoms with Crippen LogP contribution in [0.1, 0.15) is 24.3 Å². The fraction of sp³-hybridized carbons (Fsp3) is 0.526. The van der Waals surface area contributed by atoms with Crippen molar-refractivity contribution in [3.8, 4) is 0 Å². The first-order valence-corrected chi connectivity index (χ1v) is 10.8. The van der Waals surface area contributed by atoms with Gasteiger partial charge in [-0.3, -0.25) is 9.59 Å². The highest BCUT2D eigenvalue weighted by molar-refractivity contribution is 7.89. The summed E-state index contributed by atoms with van der Waals surface area (Å²) in [6.45, 7) is 11.0. The minimum Gasteiger partial charge on any atom is -0.455 e. The van der Waals surface area contributed by atoms with Gasteiger partial charge in [-0.05, 0) is 26.7 Å². The Labute approximate surface area is 171 Å². The lowest BCUT2D eigenvalue weighted by molar-refractivity contribution is -0.156. The van der Waals surface area contributed by atoms with Crippen LogP contribution >= 0.6 is 0 Å². The molecule has 29 heavy (non-hydrogen) atoms. The molecule has 0 unspecified atom stereocenters. The topological polar surface area (TPSA) is 110 Å². The van der Waals surface area contributed by atoms with Crippen molar-refractivity contribution in [2.24, 2.45) is 5.92 Å². The predicted molar refractivity (Wildman–Crippen MR) is 105 cm³/mol. The number of hydrogen-bond donors (Lipinski definition) is 0. The van der Waals surface area contributed by atoms with Crippen molar-refractivity contribution in [2.45, 2.75) is 31.6 Å². The Kier molecular flexibility index (Phi) is 7.74. The Balaban J connectivity index is 1.90. The molecule has 2 rings (SSSR count). The minimum atomic E-state index is -3.73. The fourth-order valence-corrected chi connectivity index (χ4v) is 5.00. The molecule has 9 nitrogen and oxygen atoms in total. The highest BCUT2D eigenvalue weighted by atomic mass is 32.2. The number of aryl methyl sites for hydroxylation is 2. The van der Waals surface area contributed by atoms with Crippen LogP contribution in [0.2, 0.25) is 0 Å². The number of hydrogen-bond acceptors (Lipinski definition) is 7. The number of nitrogens with zero attached hydrogens (tertiary/aromatic N) is 3. The maximum Gasteiger partial charge on any atom is 0.309 e. The molecular formula is C19H27N3O6S. The predicted octanol–water partition coefficient (Wildman–Crippen LogP) is 1.44. The van der Waals surface area contributed by atoms with Crippen molar-refractivity contribution in [2.75, 3.05) is 32.8 Å². The summed E-state index contributed by atoms with van der Waals surface area (Å²) in [7, 11) is -3.73. The van der Waals surface area contributed by atoms with E-state index in [0.717, 1.165) is 0 Å². The lowest BCUT2D eigenvalue weighted by atomic mass is 9.98. The van der Waals surface area contributed by atoms with Gasteiger partial charge in [0.05, 0.1) is 5.92 Å². The summed E-state index contributed by atoms with van der Waals surface area (Å²) in [6, 6.07) is 0. The quantitative estimate of drug-likeness (QED) is 0.435. The van der Waals surface area contributed by atoms with Crippen LogP contribution in [0.15, 0.2) is 34.7 Å². The average molecular weight is 426 g/mol. The summed E-state index contributed by atoms with van der Waals surface area (Å²) in [4.78, 5) is 26.0. The Hall–Kier alpha value is -2.46. The number of carbonyl (C=O) groups is 2. The molecule has 160 valence electrons. The van der Waals surface area contributed by atoms with Crippen LogP contribution in [-0.2, 0) is 24.3 Å². The molecule has 0 aromatic carbocycles. The summed E-state index contributed by atoms with van der Waals surface area (Å²) in [5.74, 6) is -1.04. The molecule has 1 aromatic heterocycles. The second kappa shape index (κ2) is 9.84. The maximum absolute atomic E-state index is 12.8. The Morgan fingerprint density at radius 1 is 1.24 bits per heavy atom. The van der Waals surface area contributed by atoms with Gasteiger partial charge < -0.3 is 14.2 Å². The zero-order chi connectivity index (χ0) is 21.6. The smallest absolute Gasteiger partial charge is 0.309 e. The molecule has 1 aliphatic rings. The molecule has 1 aliphatic heterocycles. The van der Waals surface area contributed by atoms with Gasteiger partial charge in [0.25, 0.3) is 5.91 Å². The van der Waals surface area contributed by atoms with Gasteiger partial charge in [-0.15, -0.1) is 13.2 Å². The third-order valence-electron chi connectivity index (χ3n) is 4.74. The first kappa shape index (κ1) is 22.8. The molecule has 1 saturated heterocycles. The number of piperidine rings is 1. The van der Waals surface area contributed by atoms with Crippen LogP contribution in [0.25, 0.3) is 0 Å². The number of ether oxygens (including phenoxy) is 1. The molecular weight excluding hydrogens is 398 g/mol. The molecule has 0 saturated carbocycles. The molecule has 0 aliphatic carbocycles. The molecule has 0 bridgehead atoms. The van der Waals surface area contributed by atoms with Gasteiger partial charge in [-0.1, -0.05) is 17.3 Å². The fourth-order valence-electron chi connectivity index (χ4n) is 3.24. The highest BCUT2D eigenvalue weighted by Crippen LogP contribution is 2.28. The number of aromatic nitrogens is 1. The van der Waals surface area contributed by atoms with E-state index in [2.05, 4.69) is 18.3 Å². The molecule has 2 heterocycles. The zero-order valence-electron chi connectivity index (χ0n) is 16.8. The zero-order valence-corrected chi connectivity index (χ0v) is 17.6. The van der Waals surface area contributed by atoms with Gasteiger partial charge in [0.15, 0.2) is 12.4 Å². The number of esters is 1. The molecule has 0 radical (unpaired) electrons. The van der Waals surface area contributed by atoms with E-state index in [0.29, 0.717) is 31.6 Å². The number of rotatable bonds is 9. The summed E-state index contributed by atoms with van der Waals surface area (Å²) >= 11 is 0.